The summed E-state index contributed by atoms with van der Waals surface area (Å²) in [7, 11) is 1.79. The zero-order valence-electron chi connectivity index (χ0n) is 15.3. The number of H-pyrrole nitrogens is 1. The van der Waals surface area contributed by atoms with Gasteiger partial charge in [0.05, 0.1) is 22.9 Å². The third-order valence-corrected chi connectivity index (χ3v) is 4.74. The van der Waals surface area contributed by atoms with E-state index in [2.05, 4.69) is 25.7 Å². The van der Waals surface area contributed by atoms with Gasteiger partial charge in [0.25, 0.3) is 5.91 Å². The van der Waals surface area contributed by atoms with Crippen LogP contribution in [0, 0.1) is 6.92 Å². The number of hydrogen-bond acceptors (Lipinski definition) is 4. The molecule has 0 spiro atoms. The molecule has 1 amide bonds. The van der Waals surface area contributed by atoms with Crippen LogP contribution in [0.3, 0.4) is 0 Å². The fraction of sp³-hybridized carbons (Fsp3) is 0.100. The molecule has 0 radical (unpaired) electrons. The number of para-hydroxylation sites is 1. The molecular weight excluding hydrogens is 354 g/mol. The van der Waals surface area contributed by atoms with Crippen LogP contribution in [0.4, 0.5) is 5.69 Å². The van der Waals surface area contributed by atoms with Crippen LogP contribution in [-0.2, 0) is 7.05 Å². The van der Waals surface area contributed by atoms with E-state index in [9.17, 15) is 4.79 Å². The highest BCUT2D eigenvalue weighted by Gasteiger charge is 2.17. The average Bonchev–Trinajstić information content (AvgIpc) is 3.38. The van der Waals surface area contributed by atoms with Gasteiger partial charge in [-0.05, 0) is 31.2 Å². The maximum absolute atomic E-state index is 12.7. The molecule has 0 saturated carbocycles. The zero-order valence-corrected chi connectivity index (χ0v) is 15.3. The summed E-state index contributed by atoms with van der Waals surface area (Å²) in [5.41, 5.74) is 3.71. The van der Waals surface area contributed by atoms with E-state index in [1.54, 1.807) is 22.6 Å². The van der Waals surface area contributed by atoms with Crippen molar-refractivity contribution in [2.45, 2.75) is 6.92 Å². The monoisotopic (exact) mass is 371 g/mol. The first-order valence-corrected chi connectivity index (χ1v) is 8.83. The number of carbonyl (C=O) groups excluding carboxylic acids is 1. The first-order chi connectivity index (χ1) is 13.6. The summed E-state index contributed by atoms with van der Waals surface area (Å²) in [6.07, 6.45) is 3.55. The van der Waals surface area contributed by atoms with Gasteiger partial charge in [-0.2, -0.15) is 15.3 Å². The average molecular weight is 371 g/mol. The highest BCUT2D eigenvalue weighted by atomic mass is 16.2. The van der Waals surface area contributed by atoms with Gasteiger partial charge in [-0.15, -0.1) is 0 Å². The summed E-state index contributed by atoms with van der Waals surface area (Å²) >= 11 is 0. The Morgan fingerprint density at radius 1 is 1.11 bits per heavy atom. The van der Waals surface area contributed by atoms with Gasteiger partial charge in [0.1, 0.15) is 0 Å². The Labute approximate surface area is 159 Å². The number of nitrogens with zero attached hydrogens (tertiary/aromatic N) is 5. The molecule has 0 atom stereocenters. The number of amides is 1. The van der Waals surface area contributed by atoms with Crippen LogP contribution in [0.5, 0.6) is 0 Å². The number of rotatable bonds is 3. The number of nitrogens with one attached hydrogen (secondary N) is 2. The second-order valence-electron chi connectivity index (χ2n) is 6.68. The number of benzene rings is 2. The van der Waals surface area contributed by atoms with E-state index in [0.29, 0.717) is 11.4 Å². The molecule has 28 heavy (non-hydrogen) atoms. The second kappa shape index (κ2) is 6.05. The van der Waals surface area contributed by atoms with Crippen LogP contribution >= 0.6 is 0 Å². The van der Waals surface area contributed by atoms with Gasteiger partial charge in [-0.3, -0.25) is 14.6 Å². The highest BCUT2D eigenvalue weighted by molar-refractivity contribution is 6.08. The third kappa shape index (κ3) is 2.46. The molecule has 5 rings (SSSR count). The van der Waals surface area contributed by atoms with Crippen molar-refractivity contribution in [3.8, 4) is 5.82 Å². The molecule has 3 aromatic heterocycles. The lowest BCUT2D eigenvalue weighted by atomic mass is 10.2. The van der Waals surface area contributed by atoms with Crippen LogP contribution in [0.1, 0.15) is 16.1 Å². The molecule has 2 N–H and O–H groups in total. The molecule has 0 fully saturated rings. The summed E-state index contributed by atoms with van der Waals surface area (Å²) in [5, 5.41) is 21.0. The molecule has 8 heteroatoms. The quantitative estimate of drug-likeness (QED) is 0.509. The lowest BCUT2D eigenvalue weighted by molar-refractivity contribution is 0.102. The van der Waals surface area contributed by atoms with Crippen molar-refractivity contribution >= 4 is 33.4 Å². The second-order valence-corrected chi connectivity index (χ2v) is 6.68. The maximum Gasteiger partial charge on any atom is 0.276 e. The van der Waals surface area contributed by atoms with E-state index in [1.165, 1.54) is 0 Å². The molecule has 0 saturated heterocycles. The van der Waals surface area contributed by atoms with Gasteiger partial charge in [0.2, 0.25) is 0 Å². The Balaban J connectivity index is 1.58. The van der Waals surface area contributed by atoms with Gasteiger partial charge >= 0.3 is 0 Å². The number of aromatic amines is 1. The predicted octanol–water partition coefficient (Wildman–Crippen LogP) is 3.20. The molecule has 2 aromatic carbocycles. The summed E-state index contributed by atoms with van der Waals surface area (Å²) in [4.78, 5) is 12.7. The number of hydrogen-bond donors (Lipinski definition) is 2. The van der Waals surface area contributed by atoms with Gasteiger partial charge in [-0.25, -0.2) is 4.68 Å². The van der Waals surface area contributed by atoms with E-state index >= 15 is 0 Å². The van der Waals surface area contributed by atoms with Crippen LogP contribution in [0.15, 0.2) is 54.9 Å². The molecule has 0 bridgehead atoms. The van der Waals surface area contributed by atoms with E-state index in [4.69, 9.17) is 0 Å². The predicted molar refractivity (Wildman–Crippen MR) is 107 cm³/mol. The Bertz CT molecular complexity index is 1340. The molecule has 138 valence electrons. The maximum atomic E-state index is 12.7. The van der Waals surface area contributed by atoms with Crippen LogP contribution in [0.25, 0.3) is 27.6 Å². The van der Waals surface area contributed by atoms with E-state index in [-0.39, 0.29) is 5.91 Å². The van der Waals surface area contributed by atoms with Gasteiger partial charge in [0, 0.05) is 29.6 Å². The normalized spacial score (nSPS) is 11.4. The van der Waals surface area contributed by atoms with Crippen LogP contribution < -0.4 is 5.32 Å². The molecule has 5 aromatic rings. The van der Waals surface area contributed by atoms with Gasteiger partial charge in [-0.1, -0.05) is 18.2 Å². The van der Waals surface area contributed by atoms with Crippen molar-refractivity contribution in [3.63, 3.8) is 0 Å². The number of aryl methyl sites for hydroxylation is 2. The standard InChI is InChI=1S/C20H17N7O/c1-12-11-26(2)25-18(12)20(28)22-15-8-5-9-17-14(15)10-21-27(17)19-13-6-3-4-7-16(13)23-24-19/h3-11H,1-2H3,(H,22,28)(H,23,24). The van der Waals surface area contributed by atoms with Crippen molar-refractivity contribution in [3.05, 3.63) is 66.1 Å². The summed E-state index contributed by atoms with van der Waals surface area (Å²) < 4.78 is 3.40. The Morgan fingerprint density at radius 3 is 2.79 bits per heavy atom. The Hall–Kier alpha value is -3.94. The first-order valence-electron chi connectivity index (χ1n) is 8.83. The largest absolute Gasteiger partial charge is 0.320 e. The number of fused-ring (bicyclic) bond motifs is 2. The lowest BCUT2D eigenvalue weighted by Gasteiger charge is -2.06. The topological polar surface area (TPSA) is 93.4 Å². The smallest absolute Gasteiger partial charge is 0.276 e. The van der Waals surface area contributed by atoms with Crippen LogP contribution in [0.2, 0.25) is 0 Å². The van der Waals surface area contributed by atoms with Crippen molar-refractivity contribution < 1.29 is 4.79 Å². The highest BCUT2D eigenvalue weighted by Crippen LogP contribution is 2.28. The number of carbonyl (C=O) groups is 1. The van der Waals surface area contributed by atoms with Crippen molar-refractivity contribution in [2.24, 2.45) is 7.05 Å². The lowest BCUT2D eigenvalue weighted by Crippen LogP contribution is -2.14. The minimum Gasteiger partial charge on any atom is -0.320 e. The Kier molecular flexibility index (Phi) is 3.51. The molecule has 3 heterocycles. The molecule has 0 aliphatic heterocycles. The fourth-order valence-electron chi connectivity index (χ4n) is 3.45. The van der Waals surface area contributed by atoms with Crippen molar-refractivity contribution in [1.82, 2.24) is 29.8 Å². The van der Waals surface area contributed by atoms with E-state index < -0.39 is 0 Å². The Morgan fingerprint density at radius 2 is 1.96 bits per heavy atom. The van der Waals surface area contributed by atoms with Gasteiger partial charge in [0.15, 0.2) is 11.5 Å². The minimum atomic E-state index is -0.247. The van der Waals surface area contributed by atoms with Gasteiger partial charge < -0.3 is 5.32 Å². The fourth-order valence-corrected chi connectivity index (χ4v) is 3.45. The summed E-state index contributed by atoms with van der Waals surface area (Å²) in [6.45, 7) is 1.86. The molecule has 0 aliphatic carbocycles. The zero-order chi connectivity index (χ0) is 19.3. The van der Waals surface area contributed by atoms with Crippen molar-refractivity contribution in [1.29, 1.82) is 0 Å². The number of anilines is 1. The number of aromatic nitrogens is 6. The molecule has 0 unspecified atom stereocenters. The van der Waals surface area contributed by atoms with E-state index in [0.717, 1.165) is 33.2 Å². The van der Waals surface area contributed by atoms with Crippen LogP contribution in [-0.4, -0.2) is 35.7 Å². The molecule has 0 aliphatic rings. The summed E-state index contributed by atoms with van der Waals surface area (Å²) in [5.74, 6) is 0.471. The first kappa shape index (κ1) is 16.2. The van der Waals surface area contributed by atoms with E-state index in [1.807, 2.05) is 55.6 Å². The SMILES string of the molecule is Cc1cn(C)nc1C(=O)Nc1cccc2c1cnn2-c1n[nH]c2ccccc12. The molecule has 8 nitrogen and oxygen atoms in total. The van der Waals surface area contributed by atoms with Crippen molar-refractivity contribution in [2.75, 3.05) is 5.32 Å². The third-order valence-electron chi connectivity index (χ3n) is 4.74. The molecular formula is C20H17N7O. The summed E-state index contributed by atoms with van der Waals surface area (Å²) in [6, 6.07) is 13.6. The minimum absolute atomic E-state index is 0.247.